The molecule has 0 aliphatic carbocycles. The number of hydrogen-bond donors (Lipinski definition) is 1. The molecule has 1 aromatic carbocycles. The zero-order valence-electron chi connectivity index (χ0n) is 20.0. The van der Waals surface area contributed by atoms with Crippen LogP contribution >= 0.6 is 0 Å². The van der Waals surface area contributed by atoms with Crippen LogP contribution < -0.4 is 5.32 Å². The minimum Gasteiger partial charge on any atom is -0.464 e. The second-order valence-electron chi connectivity index (χ2n) is 10.3. The van der Waals surface area contributed by atoms with E-state index in [1.54, 1.807) is 0 Å². The number of carbonyl (C=O) groups excluding carboxylic acids is 2. The predicted octanol–water partition coefficient (Wildman–Crippen LogP) is 5.61. The van der Waals surface area contributed by atoms with Gasteiger partial charge in [0.15, 0.2) is 0 Å². The highest BCUT2D eigenvalue weighted by Crippen LogP contribution is 2.53. The molecule has 6 heteroatoms. The number of aryl methyl sites for hydroxylation is 3. The van der Waals surface area contributed by atoms with Crippen LogP contribution in [-0.4, -0.2) is 34.1 Å². The van der Waals surface area contributed by atoms with Crippen molar-refractivity contribution in [2.45, 2.75) is 90.4 Å². The Hall–Kier alpha value is -2.76. The zero-order chi connectivity index (χ0) is 23.3. The van der Waals surface area contributed by atoms with Crippen molar-refractivity contribution in [3.05, 3.63) is 58.5 Å². The molecule has 2 fully saturated rings. The van der Waals surface area contributed by atoms with Gasteiger partial charge in [0, 0.05) is 11.6 Å². The van der Waals surface area contributed by atoms with E-state index in [0.29, 0.717) is 11.3 Å². The molecule has 3 heterocycles. The second-order valence-corrected chi connectivity index (χ2v) is 10.3. The fourth-order valence-electron chi connectivity index (χ4n) is 5.49. The van der Waals surface area contributed by atoms with Crippen LogP contribution in [0.15, 0.2) is 34.7 Å². The number of hydrogen-bond acceptors (Lipinski definition) is 4. The van der Waals surface area contributed by atoms with Crippen molar-refractivity contribution >= 4 is 12.0 Å². The number of ether oxygens (including phenoxy) is 1. The Kier molecular flexibility index (Phi) is 5.60. The molecular weight excluding hydrogens is 404 g/mol. The summed E-state index contributed by atoms with van der Waals surface area (Å²) < 4.78 is 11.8. The van der Waals surface area contributed by atoms with Crippen molar-refractivity contribution in [2.75, 3.05) is 0 Å². The number of rotatable bonds is 4. The molecule has 2 saturated heterocycles. The topological polar surface area (TPSA) is 71.8 Å². The van der Waals surface area contributed by atoms with E-state index in [0.717, 1.165) is 42.6 Å². The number of fused-ring (bicyclic) bond motifs is 2. The Bertz CT molecular complexity index is 1000. The van der Waals surface area contributed by atoms with Gasteiger partial charge in [0.05, 0.1) is 5.54 Å². The van der Waals surface area contributed by atoms with E-state index in [1.807, 2.05) is 76.8 Å². The average molecular weight is 439 g/mol. The quantitative estimate of drug-likeness (QED) is 0.674. The first-order valence-electron chi connectivity index (χ1n) is 11.5. The van der Waals surface area contributed by atoms with Crippen molar-refractivity contribution in [1.29, 1.82) is 0 Å². The number of nitrogens with one attached hydrogen (secondary N) is 1. The van der Waals surface area contributed by atoms with Gasteiger partial charge in [-0.2, -0.15) is 0 Å². The third-order valence-corrected chi connectivity index (χ3v) is 6.82. The molecule has 4 rings (SSSR count). The SMILES string of the molecule is Cc1ccc(C(NC(=O)c2c(C)cccc2C)C23CCC(CC2)N3C(=O)OC(C)(C)C)o1. The molecule has 0 spiro atoms. The fourth-order valence-corrected chi connectivity index (χ4v) is 5.49. The summed E-state index contributed by atoms with van der Waals surface area (Å²) in [6.45, 7) is 11.4. The van der Waals surface area contributed by atoms with Crippen LogP contribution in [0.25, 0.3) is 0 Å². The fraction of sp³-hybridized carbons (Fsp3) is 0.538. The normalized spacial score (nSPS) is 23.3. The second kappa shape index (κ2) is 7.98. The van der Waals surface area contributed by atoms with Gasteiger partial charge in [0.25, 0.3) is 5.91 Å². The maximum absolute atomic E-state index is 13.5. The molecule has 2 bridgehead atoms. The smallest absolute Gasteiger partial charge is 0.411 e. The molecule has 1 aromatic heterocycles. The van der Waals surface area contributed by atoms with E-state index in [-0.39, 0.29) is 18.0 Å². The minimum atomic E-state index is -0.585. The number of amides is 2. The number of nitrogens with zero attached hydrogens (tertiary/aromatic N) is 1. The van der Waals surface area contributed by atoms with Gasteiger partial charge in [-0.15, -0.1) is 0 Å². The maximum atomic E-state index is 13.5. The summed E-state index contributed by atoms with van der Waals surface area (Å²) in [6.07, 6.45) is 3.08. The Balaban J connectivity index is 1.74. The first-order valence-corrected chi connectivity index (χ1v) is 11.5. The van der Waals surface area contributed by atoms with Crippen molar-refractivity contribution in [3.63, 3.8) is 0 Å². The molecule has 6 nitrogen and oxygen atoms in total. The maximum Gasteiger partial charge on any atom is 0.411 e. The summed E-state index contributed by atoms with van der Waals surface area (Å²) in [6, 6.07) is 9.34. The predicted molar refractivity (Wildman–Crippen MR) is 123 cm³/mol. The number of benzene rings is 1. The lowest BCUT2D eigenvalue weighted by molar-refractivity contribution is 0.00127. The van der Waals surface area contributed by atoms with E-state index in [4.69, 9.17) is 9.15 Å². The van der Waals surface area contributed by atoms with E-state index >= 15 is 0 Å². The number of carbonyl (C=O) groups is 2. The molecule has 0 radical (unpaired) electrons. The van der Waals surface area contributed by atoms with Gasteiger partial charge in [-0.1, -0.05) is 18.2 Å². The summed E-state index contributed by atoms with van der Waals surface area (Å²) in [5.41, 5.74) is 1.37. The van der Waals surface area contributed by atoms with Crippen molar-refractivity contribution in [1.82, 2.24) is 10.2 Å². The first-order chi connectivity index (χ1) is 15.0. The van der Waals surface area contributed by atoms with E-state index < -0.39 is 17.2 Å². The first kappa shape index (κ1) is 22.4. The van der Waals surface area contributed by atoms with Crippen molar-refractivity contribution in [2.24, 2.45) is 0 Å². The Morgan fingerprint density at radius 3 is 2.25 bits per heavy atom. The molecule has 2 aliphatic rings. The van der Waals surface area contributed by atoms with Gasteiger partial charge in [-0.25, -0.2) is 4.79 Å². The lowest BCUT2D eigenvalue weighted by Crippen LogP contribution is -2.55. The van der Waals surface area contributed by atoms with Crippen LogP contribution in [-0.2, 0) is 4.74 Å². The summed E-state index contributed by atoms with van der Waals surface area (Å²) in [4.78, 5) is 28.7. The highest BCUT2D eigenvalue weighted by atomic mass is 16.6. The van der Waals surface area contributed by atoms with Crippen LogP contribution in [0, 0.1) is 20.8 Å². The summed E-state index contributed by atoms with van der Waals surface area (Å²) in [5, 5.41) is 3.27. The van der Waals surface area contributed by atoms with Gasteiger partial charge in [0.1, 0.15) is 23.2 Å². The summed E-state index contributed by atoms with van der Waals surface area (Å²) >= 11 is 0. The molecule has 2 aromatic rings. The monoisotopic (exact) mass is 438 g/mol. The van der Waals surface area contributed by atoms with Crippen LogP contribution in [0.2, 0.25) is 0 Å². The average Bonchev–Trinajstić information content (AvgIpc) is 3.38. The molecule has 172 valence electrons. The van der Waals surface area contributed by atoms with Crippen LogP contribution in [0.4, 0.5) is 4.79 Å². The third-order valence-electron chi connectivity index (χ3n) is 6.82. The lowest BCUT2D eigenvalue weighted by atomic mass is 9.80. The standard InChI is InChI=1S/C26H34N2O4/c1-16-8-7-9-17(2)21(16)23(29)27-22(20-11-10-18(3)31-20)26-14-12-19(13-15-26)28(26)24(30)32-25(4,5)6/h7-11,19,22H,12-15H2,1-6H3,(H,27,29). The molecular formula is C26H34N2O4. The summed E-state index contributed by atoms with van der Waals surface area (Å²) in [5.74, 6) is 1.31. The van der Waals surface area contributed by atoms with Crippen LogP contribution in [0.5, 0.6) is 0 Å². The molecule has 32 heavy (non-hydrogen) atoms. The molecule has 1 unspecified atom stereocenters. The van der Waals surface area contributed by atoms with Gasteiger partial charge >= 0.3 is 6.09 Å². The van der Waals surface area contributed by atoms with E-state index in [9.17, 15) is 9.59 Å². The van der Waals surface area contributed by atoms with E-state index in [2.05, 4.69) is 5.32 Å². The minimum absolute atomic E-state index is 0.125. The van der Waals surface area contributed by atoms with Crippen LogP contribution in [0.3, 0.4) is 0 Å². The van der Waals surface area contributed by atoms with Gasteiger partial charge < -0.3 is 14.5 Å². The zero-order valence-corrected chi connectivity index (χ0v) is 20.0. The number of furan rings is 1. The molecule has 1 atom stereocenters. The van der Waals surface area contributed by atoms with Crippen molar-refractivity contribution in [3.8, 4) is 0 Å². The molecule has 1 N–H and O–H groups in total. The largest absolute Gasteiger partial charge is 0.464 e. The van der Waals surface area contributed by atoms with Crippen LogP contribution in [0.1, 0.15) is 85.5 Å². The summed E-state index contributed by atoms with van der Waals surface area (Å²) in [7, 11) is 0. The highest BCUT2D eigenvalue weighted by molar-refractivity contribution is 5.97. The Morgan fingerprint density at radius 2 is 1.72 bits per heavy atom. The van der Waals surface area contributed by atoms with Gasteiger partial charge in [-0.3, -0.25) is 9.69 Å². The highest BCUT2D eigenvalue weighted by Gasteiger charge is 2.60. The Morgan fingerprint density at radius 1 is 1.09 bits per heavy atom. The van der Waals surface area contributed by atoms with Gasteiger partial charge in [-0.05, 0) is 90.5 Å². The van der Waals surface area contributed by atoms with E-state index in [1.165, 1.54) is 0 Å². The van der Waals surface area contributed by atoms with Gasteiger partial charge in [0.2, 0.25) is 0 Å². The molecule has 2 amide bonds. The molecule has 0 saturated carbocycles. The Labute approximate surface area is 190 Å². The lowest BCUT2D eigenvalue weighted by Gasteiger charge is -2.41. The third kappa shape index (κ3) is 3.91. The molecule has 2 aliphatic heterocycles. The van der Waals surface area contributed by atoms with Crippen molar-refractivity contribution < 1.29 is 18.7 Å².